The monoisotopic (exact) mass is 472 g/mol. The number of methoxy groups -OCH3 is 2. The number of carbonyl (C=O) groups is 1. The van der Waals surface area contributed by atoms with Crippen molar-refractivity contribution in [1.29, 1.82) is 0 Å². The number of amides is 1. The van der Waals surface area contributed by atoms with Crippen LogP contribution < -0.4 is 19.5 Å². The second kappa shape index (κ2) is 12.5. The lowest BCUT2D eigenvalue weighted by Gasteiger charge is -2.37. The number of likely N-dealkylation sites (tertiary alicyclic amines) is 1. The molecular formula is C22H33ClN2O7. The Balaban J connectivity index is 1.61. The molecule has 32 heavy (non-hydrogen) atoms. The van der Waals surface area contributed by atoms with Crippen molar-refractivity contribution in [2.45, 2.75) is 18.9 Å². The molecule has 2 N–H and O–H groups in total. The van der Waals surface area contributed by atoms with Crippen LogP contribution in [-0.2, 0) is 9.47 Å². The number of aliphatic hydroxyl groups is 1. The molecule has 0 spiro atoms. The number of hydrogen-bond donors (Lipinski definition) is 2. The van der Waals surface area contributed by atoms with Gasteiger partial charge in [0.2, 0.25) is 5.75 Å². The zero-order valence-electron chi connectivity index (χ0n) is 18.7. The van der Waals surface area contributed by atoms with E-state index in [0.29, 0.717) is 67.2 Å². The first-order valence-electron chi connectivity index (χ1n) is 11.0. The molecule has 3 rings (SSSR count). The Hall–Kier alpha value is -1.78. The van der Waals surface area contributed by atoms with E-state index in [2.05, 4.69) is 10.2 Å². The van der Waals surface area contributed by atoms with Crippen molar-refractivity contribution in [3.05, 3.63) is 16.7 Å². The van der Waals surface area contributed by atoms with Crippen LogP contribution in [0.1, 0.15) is 23.2 Å². The minimum atomic E-state index is -0.272. The minimum Gasteiger partial charge on any atom is -0.491 e. The summed E-state index contributed by atoms with van der Waals surface area (Å²) in [6.45, 7) is 4.78. The van der Waals surface area contributed by atoms with Crippen LogP contribution in [0.3, 0.4) is 0 Å². The van der Waals surface area contributed by atoms with Gasteiger partial charge < -0.3 is 34.1 Å². The molecule has 10 heteroatoms. The van der Waals surface area contributed by atoms with Crippen molar-refractivity contribution in [2.24, 2.45) is 5.92 Å². The maximum atomic E-state index is 13.1. The predicted octanol–water partition coefficient (Wildman–Crippen LogP) is 1.59. The number of halogens is 1. The first kappa shape index (κ1) is 24.9. The summed E-state index contributed by atoms with van der Waals surface area (Å²) in [4.78, 5) is 15.3. The average molecular weight is 473 g/mol. The van der Waals surface area contributed by atoms with Crippen LogP contribution in [0, 0.1) is 5.92 Å². The zero-order valence-corrected chi connectivity index (χ0v) is 19.5. The van der Waals surface area contributed by atoms with Crippen LogP contribution in [0.5, 0.6) is 17.2 Å². The van der Waals surface area contributed by atoms with Crippen molar-refractivity contribution in [3.8, 4) is 17.2 Å². The molecule has 2 aliphatic heterocycles. The molecule has 0 saturated carbocycles. The van der Waals surface area contributed by atoms with Crippen LogP contribution in [0.4, 0.5) is 0 Å². The molecule has 180 valence electrons. The maximum Gasteiger partial charge on any atom is 0.255 e. The van der Waals surface area contributed by atoms with E-state index < -0.39 is 0 Å². The number of ether oxygens (including phenoxy) is 5. The van der Waals surface area contributed by atoms with E-state index in [1.165, 1.54) is 7.11 Å². The molecule has 0 aliphatic carbocycles. The molecule has 9 nitrogen and oxygen atoms in total. The molecule has 1 fully saturated rings. The van der Waals surface area contributed by atoms with Crippen molar-refractivity contribution in [1.82, 2.24) is 10.2 Å². The Morgan fingerprint density at radius 1 is 1.28 bits per heavy atom. The van der Waals surface area contributed by atoms with Crippen LogP contribution in [0.2, 0.25) is 5.02 Å². The lowest BCUT2D eigenvalue weighted by atomic mass is 9.93. The van der Waals surface area contributed by atoms with E-state index in [4.69, 9.17) is 40.4 Å². The molecule has 1 aromatic rings. The van der Waals surface area contributed by atoms with E-state index in [0.717, 1.165) is 26.1 Å². The second-order valence-corrected chi connectivity index (χ2v) is 8.22. The Morgan fingerprint density at radius 3 is 2.78 bits per heavy atom. The lowest BCUT2D eigenvalue weighted by Crippen LogP contribution is -2.49. The van der Waals surface area contributed by atoms with Gasteiger partial charge in [0, 0.05) is 39.1 Å². The fraction of sp³-hybridized carbons (Fsp3) is 0.682. The molecule has 1 aromatic carbocycles. The minimum absolute atomic E-state index is 0.00181. The van der Waals surface area contributed by atoms with Gasteiger partial charge in [-0.1, -0.05) is 11.6 Å². The molecule has 0 bridgehead atoms. The van der Waals surface area contributed by atoms with Gasteiger partial charge in [-0.15, -0.1) is 0 Å². The SMILES string of the molecule is COc1c(Cl)cc(C(=O)NC[C@@H]2CCN(CCOCCO)C[C@H]2OC)c2c1OCCCO2. The highest BCUT2D eigenvalue weighted by atomic mass is 35.5. The summed E-state index contributed by atoms with van der Waals surface area (Å²) in [5.41, 5.74) is 0.333. The molecule has 1 saturated heterocycles. The van der Waals surface area contributed by atoms with Crippen molar-refractivity contribution in [3.63, 3.8) is 0 Å². The molecule has 0 radical (unpaired) electrons. The quantitative estimate of drug-likeness (QED) is 0.495. The standard InChI is InChI=1S/C22H33ClN2O7/c1-28-18-14-25(6-10-30-11-7-26)5-4-15(18)13-24-22(27)16-12-17(23)20(29-2)21-19(16)31-8-3-9-32-21/h12,15,18,26H,3-11,13-14H2,1-2H3,(H,24,27)/t15-,18+/m0/s1. The Morgan fingerprint density at radius 2 is 2.06 bits per heavy atom. The summed E-state index contributed by atoms with van der Waals surface area (Å²) >= 11 is 6.35. The summed E-state index contributed by atoms with van der Waals surface area (Å²) in [5, 5.41) is 12.1. The molecule has 0 unspecified atom stereocenters. The van der Waals surface area contributed by atoms with Gasteiger partial charge in [0.25, 0.3) is 5.91 Å². The number of benzene rings is 1. The fourth-order valence-electron chi connectivity index (χ4n) is 4.04. The summed E-state index contributed by atoms with van der Waals surface area (Å²) in [7, 11) is 3.20. The third-order valence-electron chi connectivity index (χ3n) is 5.77. The van der Waals surface area contributed by atoms with Gasteiger partial charge in [-0.25, -0.2) is 0 Å². The van der Waals surface area contributed by atoms with Crippen LogP contribution >= 0.6 is 11.6 Å². The van der Waals surface area contributed by atoms with Crippen molar-refractivity contribution in [2.75, 3.05) is 73.4 Å². The lowest BCUT2D eigenvalue weighted by molar-refractivity contribution is -0.0198. The summed E-state index contributed by atoms with van der Waals surface area (Å²) < 4.78 is 28.0. The van der Waals surface area contributed by atoms with Gasteiger partial charge in [0.05, 0.1) is 56.8 Å². The smallest absolute Gasteiger partial charge is 0.255 e. The fourth-order valence-corrected chi connectivity index (χ4v) is 4.32. The summed E-state index contributed by atoms with van der Waals surface area (Å²) in [6.07, 6.45) is 1.59. The number of hydrogen-bond acceptors (Lipinski definition) is 8. The highest BCUT2D eigenvalue weighted by molar-refractivity contribution is 6.33. The van der Waals surface area contributed by atoms with Crippen LogP contribution in [0.25, 0.3) is 0 Å². The van der Waals surface area contributed by atoms with Gasteiger partial charge in [0.1, 0.15) is 0 Å². The molecule has 2 atom stereocenters. The number of rotatable bonds is 10. The molecule has 2 heterocycles. The Labute approximate surface area is 193 Å². The van der Waals surface area contributed by atoms with Gasteiger partial charge >= 0.3 is 0 Å². The van der Waals surface area contributed by atoms with E-state index in [9.17, 15) is 4.79 Å². The normalized spacial score (nSPS) is 21.1. The molecular weight excluding hydrogens is 440 g/mol. The maximum absolute atomic E-state index is 13.1. The second-order valence-electron chi connectivity index (χ2n) is 7.82. The highest BCUT2D eigenvalue weighted by Gasteiger charge is 2.31. The van der Waals surface area contributed by atoms with E-state index in [1.54, 1.807) is 13.2 Å². The van der Waals surface area contributed by atoms with E-state index >= 15 is 0 Å². The van der Waals surface area contributed by atoms with Crippen molar-refractivity contribution < 1.29 is 33.6 Å². The molecule has 0 aromatic heterocycles. The van der Waals surface area contributed by atoms with Gasteiger partial charge in [-0.2, -0.15) is 0 Å². The Bertz CT molecular complexity index is 764. The van der Waals surface area contributed by atoms with Gasteiger partial charge in [-0.3, -0.25) is 9.69 Å². The number of nitrogens with zero attached hydrogens (tertiary/aromatic N) is 1. The van der Waals surface area contributed by atoms with Crippen LogP contribution in [0.15, 0.2) is 6.07 Å². The van der Waals surface area contributed by atoms with E-state index in [1.807, 2.05) is 0 Å². The molecule has 2 aliphatic rings. The number of fused-ring (bicyclic) bond motifs is 1. The number of nitrogens with one attached hydrogen (secondary N) is 1. The van der Waals surface area contributed by atoms with Crippen molar-refractivity contribution >= 4 is 17.5 Å². The van der Waals surface area contributed by atoms with Gasteiger partial charge in [0.15, 0.2) is 11.5 Å². The van der Waals surface area contributed by atoms with Gasteiger partial charge in [-0.05, 0) is 19.0 Å². The number of piperidine rings is 1. The average Bonchev–Trinajstić information content (AvgIpc) is 3.06. The largest absolute Gasteiger partial charge is 0.491 e. The predicted molar refractivity (Wildman–Crippen MR) is 119 cm³/mol. The first-order chi connectivity index (χ1) is 15.6. The third kappa shape index (κ3) is 6.17. The Kier molecular flexibility index (Phi) is 9.68. The first-order valence-corrected chi connectivity index (χ1v) is 11.3. The summed E-state index contributed by atoms with van der Waals surface area (Å²) in [5.74, 6) is 1.01. The van der Waals surface area contributed by atoms with E-state index in [-0.39, 0.29) is 24.5 Å². The zero-order chi connectivity index (χ0) is 22.9. The topological polar surface area (TPSA) is 98.7 Å². The number of carbonyl (C=O) groups excluding carboxylic acids is 1. The third-order valence-corrected chi connectivity index (χ3v) is 6.05. The highest BCUT2D eigenvalue weighted by Crippen LogP contribution is 2.46. The number of aliphatic hydroxyl groups excluding tert-OH is 1. The van der Waals surface area contributed by atoms with Crippen LogP contribution in [-0.4, -0.2) is 95.5 Å². The molecule has 1 amide bonds. The summed E-state index contributed by atoms with van der Waals surface area (Å²) in [6, 6.07) is 1.56.